The monoisotopic (exact) mass is 421 g/mol. The molecule has 0 aliphatic rings. The Hall–Kier alpha value is -0.790. The molecule has 0 amide bonds. The van der Waals surface area contributed by atoms with Gasteiger partial charge >= 0.3 is 0 Å². The summed E-state index contributed by atoms with van der Waals surface area (Å²) in [6.45, 7) is 11.4. The second-order valence-electron chi connectivity index (χ2n) is 5.85. The number of nitrogens with zero attached hydrogens (tertiary/aromatic N) is 2. The van der Waals surface area contributed by atoms with Crippen LogP contribution in [0.4, 0.5) is 0 Å². The number of aromatic amines is 1. The highest BCUT2D eigenvalue weighted by molar-refractivity contribution is 14.0. The molecule has 0 saturated carbocycles. The van der Waals surface area contributed by atoms with Crippen LogP contribution in [0.5, 0.6) is 0 Å². The summed E-state index contributed by atoms with van der Waals surface area (Å²) in [6, 6.07) is 0. The van der Waals surface area contributed by atoms with Gasteiger partial charge in [-0.25, -0.2) is 0 Å². The Balaban J connectivity index is 0.00000441. The second kappa shape index (κ2) is 12.7. The van der Waals surface area contributed by atoms with Gasteiger partial charge in [0.1, 0.15) is 0 Å². The molecule has 0 radical (unpaired) electrons. The molecule has 0 saturated heterocycles. The van der Waals surface area contributed by atoms with Crippen LogP contribution in [-0.4, -0.2) is 35.8 Å². The quantitative estimate of drug-likeness (QED) is 0.248. The number of aromatic nitrogens is 2. The van der Waals surface area contributed by atoms with Crippen molar-refractivity contribution in [2.75, 3.05) is 19.6 Å². The van der Waals surface area contributed by atoms with Gasteiger partial charge in [0.05, 0.1) is 6.20 Å². The Morgan fingerprint density at radius 3 is 2.68 bits per heavy atom. The van der Waals surface area contributed by atoms with Crippen LogP contribution in [0.25, 0.3) is 0 Å². The summed E-state index contributed by atoms with van der Waals surface area (Å²) in [5.74, 6) is 1.70. The van der Waals surface area contributed by atoms with E-state index in [1.807, 2.05) is 6.20 Å². The van der Waals surface area contributed by atoms with Crippen molar-refractivity contribution in [3.8, 4) is 0 Å². The van der Waals surface area contributed by atoms with Gasteiger partial charge in [0.15, 0.2) is 5.96 Å². The number of rotatable bonds is 9. The van der Waals surface area contributed by atoms with Crippen molar-refractivity contribution in [3.05, 3.63) is 17.5 Å². The van der Waals surface area contributed by atoms with Crippen LogP contribution < -0.4 is 10.6 Å². The number of nitrogens with one attached hydrogen (secondary N) is 3. The fourth-order valence-electron chi connectivity index (χ4n) is 2.15. The zero-order valence-corrected chi connectivity index (χ0v) is 16.7. The molecule has 0 spiro atoms. The molecule has 0 atom stereocenters. The van der Waals surface area contributed by atoms with Gasteiger partial charge in [-0.2, -0.15) is 5.10 Å². The van der Waals surface area contributed by atoms with Crippen molar-refractivity contribution < 1.29 is 0 Å². The number of aryl methyl sites for hydroxylation is 2. The largest absolute Gasteiger partial charge is 0.357 e. The van der Waals surface area contributed by atoms with Crippen LogP contribution in [0.1, 0.15) is 51.3 Å². The Kier molecular flexibility index (Phi) is 12.3. The summed E-state index contributed by atoms with van der Waals surface area (Å²) in [7, 11) is 0. The van der Waals surface area contributed by atoms with Crippen LogP contribution in [0, 0.1) is 12.8 Å². The van der Waals surface area contributed by atoms with E-state index in [0.29, 0.717) is 0 Å². The smallest absolute Gasteiger partial charge is 0.191 e. The van der Waals surface area contributed by atoms with Crippen molar-refractivity contribution in [1.82, 2.24) is 20.8 Å². The number of halogens is 1. The molecule has 1 aromatic rings. The minimum atomic E-state index is 0. The number of H-pyrrole nitrogens is 1. The molecule has 0 aliphatic heterocycles. The first kappa shape index (κ1) is 21.2. The molecule has 0 aliphatic carbocycles. The van der Waals surface area contributed by atoms with Crippen molar-refractivity contribution in [2.24, 2.45) is 10.9 Å². The van der Waals surface area contributed by atoms with Crippen LogP contribution in [0.3, 0.4) is 0 Å². The van der Waals surface area contributed by atoms with Gasteiger partial charge in [-0.3, -0.25) is 10.1 Å². The maximum Gasteiger partial charge on any atom is 0.191 e. The average Bonchev–Trinajstić information content (AvgIpc) is 2.84. The predicted molar refractivity (Wildman–Crippen MR) is 105 cm³/mol. The van der Waals surface area contributed by atoms with E-state index in [1.54, 1.807) is 0 Å². The molecular weight excluding hydrogens is 389 g/mol. The third kappa shape index (κ3) is 9.27. The first-order chi connectivity index (χ1) is 10.1. The highest BCUT2D eigenvalue weighted by Crippen LogP contribution is 2.05. The topological polar surface area (TPSA) is 65.1 Å². The summed E-state index contributed by atoms with van der Waals surface area (Å²) < 4.78 is 0. The highest BCUT2D eigenvalue weighted by Gasteiger charge is 2.01. The van der Waals surface area contributed by atoms with Gasteiger partial charge in [-0.1, -0.05) is 13.8 Å². The van der Waals surface area contributed by atoms with Crippen LogP contribution in [-0.2, 0) is 6.42 Å². The Bertz CT molecular complexity index is 414. The molecule has 128 valence electrons. The fourth-order valence-corrected chi connectivity index (χ4v) is 2.15. The van der Waals surface area contributed by atoms with Gasteiger partial charge in [0, 0.05) is 25.3 Å². The Labute approximate surface area is 152 Å². The van der Waals surface area contributed by atoms with Gasteiger partial charge in [-0.05, 0) is 51.0 Å². The van der Waals surface area contributed by atoms with Crippen molar-refractivity contribution >= 4 is 29.9 Å². The zero-order valence-electron chi connectivity index (χ0n) is 14.4. The van der Waals surface area contributed by atoms with Crippen molar-refractivity contribution in [1.29, 1.82) is 0 Å². The maximum atomic E-state index is 4.62. The molecule has 0 aromatic carbocycles. The standard InChI is InChI=1S/C16H31N5.HI/c1-5-17-16(18-10-6-8-13(2)3)19-11-7-9-15-12-20-21-14(15)4;/h12-13H,5-11H2,1-4H3,(H,20,21)(H2,17,18,19);1H. The maximum absolute atomic E-state index is 4.62. The van der Waals surface area contributed by atoms with Crippen molar-refractivity contribution in [2.45, 2.75) is 53.4 Å². The molecule has 5 nitrogen and oxygen atoms in total. The van der Waals surface area contributed by atoms with Crippen LogP contribution >= 0.6 is 24.0 Å². The number of hydrogen-bond donors (Lipinski definition) is 3. The molecule has 0 unspecified atom stereocenters. The van der Waals surface area contributed by atoms with E-state index in [-0.39, 0.29) is 24.0 Å². The summed E-state index contributed by atoms with van der Waals surface area (Å²) in [5, 5.41) is 13.7. The highest BCUT2D eigenvalue weighted by atomic mass is 127. The van der Waals surface area contributed by atoms with E-state index in [2.05, 4.69) is 53.5 Å². The van der Waals surface area contributed by atoms with E-state index in [9.17, 15) is 0 Å². The lowest BCUT2D eigenvalue weighted by Gasteiger charge is -2.11. The van der Waals surface area contributed by atoms with E-state index in [1.165, 1.54) is 18.4 Å². The lowest BCUT2D eigenvalue weighted by Crippen LogP contribution is -2.38. The second-order valence-corrected chi connectivity index (χ2v) is 5.85. The molecule has 6 heteroatoms. The SMILES string of the molecule is CCNC(=NCCCc1cn[nH]c1C)NCCCC(C)C.I. The lowest BCUT2D eigenvalue weighted by atomic mass is 10.1. The molecule has 1 rings (SSSR count). The number of guanidine groups is 1. The van der Waals surface area contributed by atoms with E-state index in [4.69, 9.17) is 0 Å². The lowest BCUT2D eigenvalue weighted by molar-refractivity contribution is 0.549. The number of aliphatic imine (C=N–C) groups is 1. The Morgan fingerprint density at radius 2 is 2.09 bits per heavy atom. The molecule has 0 fully saturated rings. The Morgan fingerprint density at radius 1 is 1.32 bits per heavy atom. The normalized spacial score (nSPS) is 11.4. The van der Waals surface area contributed by atoms with Gasteiger partial charge < -0.3 is 10.6 Å². The summed E-state index contributed by atoms with van der Waals surface area (Å²) in [4.78, 5) is 4.62. The summed E-state index contributed by atoms with van der Waals surface area (Å²) >= 11 is 0. The average molecular weight is 421 g/mol. The molecule has 22 heavy (non-hydrogen) atoms. The van der Waals surface area contributed by atoms with E-state index in [0.717, 1.165) is 50.0 Å². The molecule has 3 N–H and O–H groups in total. The summed E-state index contributed by atoms with van der Waals surface area (Å²) in [6.07, 6.45) is 6.43. The first-order valence-electron chi connectivity index (χ1n) is 8.14. The minimum Gasteiger partial charge on any atom is -0.357 e. The van der Waals surface area contributed by atoms with Gasteiger partial charge in [-0.15, -0.1) is 24.0 Å². The minimum absolute atomic E-state index is 0. The van der Waals surface area contributed by atoms with Crippen LogP contribution in [0.2, 0.25) is 0 Å². The molecule has 0 bridgehead atoms. The van der Waals surface area contributed by atoms with Crippen LogP contribution in [0.15, 0.2) is 11.2 Å². The van der Waals surface area contributed by atoms with Crippen molar-refractivity contribution in [3.63, 3.8) is 0 Å². The summed E-state index contributed by atoms with van der Waals surface area (Å²) in [5.41, 5.74) is 2.46. The molecular formula is C16H32IN5. The van der Waals surface area contributed by atoms with Gasteiger partial charge in [0.2, 0.25) is 0 Å². The number of hydrogen-bond acceptors (Lipinski definition) is 2. The van der Waals surface area contributed by atoms with E-state index >= 15 is 0 Å². The molecule has 1 aromatic heterocycles. The third-order valence-corrected chi connectivity index (χ3v) is 3.40. The van der Waals surface area contributed by atoms with E-state index < -0.39 is 0 Å². The first-order valence-corrected chi connectivity index (χ1v) is 8.14. The van der Waals surface area contributed by atoms with Gasteiger partial charge in [0.25, 0.3) is 0 Å². The fraction of sp³-hybridized carbons (Fsp3) is 0.750. The third-order valence-electron chi connectivity index (χ3n) is 3.40. The predicted octanol–water partition coefficient (Wildman–Crippen LogP) is 3.26. The molecule has 1 heterocycles. The zero-order chi connectivity index (χ0) is 15.5.